The van der Waals surface area contributed by atoms with Crippen molar-refractivity contribution in [1.29, 1.82) is 0 Å². The first-order chi connectivity index (χ1) is 10.2. The predicted molar refractivity (Wildman–Crippen MR) is 83.6 cm³/mol. The number of nitrogens with zero attached hydrogens (tertiary/aromatic N) is 2. The van der Waals surface area contributed by atoms with Gasteiger partial charge in [0.2, 0.25) is 5.91 Å². The lowest BCUT2D eigenvalue weighted by atomic mass is 10.3. The lowest BCUT2D eigenvalue weighted by molar-refractivity contribution is -0.115. The van der Waals surface area contributed by atoms with E-state index >= 15 is 0 Å². The molecule has 1 amide bonds. The van der Waals surface area contributed by atoms with Gasteiger partial charge in [0.25, 0.3) is 0 Å². The number of para-hydroxylation sites is 1. The number of nitrogens with one attached hydrogen (secondary N) is 1. The summed E-state index contributed by atoms with van der Waals surface area (Å²) in [5.74, 6) is 0.239. The zero-order chi connectivity index (χ0) is 15.1. The second-order valence-electron chi connectivity index (χ2n) is 4.39. The van der Waals surface area contributed by atoms with Crippen molar-refractivity contribution in [2.24, 2.45) is 0 Å². The molecule has 0 aliphatic heterocycles. The van der Waals surface area contributed by atoms with Crippen LogP contribution in [0.5, 0.6) is 0 Å². The highest BCUT2D eigenvalue weighted by atomic mass is 35.5. The molecule has 0 spiro atoms. The Bertz CT molecular complexity index is 575. The summed E-state index contributed by atoms with van der Waals surface area (Å²) < 4.78 is 0. The number of hydrogen-bond donors (Lipinski definition) is 2. The Morgan fingerprint density at radius 2 is 2.00 bits per heavy atom. The van der Waals surface area contributed by atoms with E-state index in [1.807, 2.05) is 30.3 Å². The van der Waals surface area contributed by atoms with Crippen LogP contribution in [-0.2, 0) is 4.79 Å². The number of amides is 1. The third kappa shape index (κ3) is 4.73. The van der Waals surface area contributed by atoms with Crippen LogP contribution < -0.4 is 10.2 Å². The minimum atomic E-state index is -0.206. The van der Waals surface area contributed by atoms with Gasteiger partial charge in [-0.15, -0.1) is 0 Å². The molecular weight excluding hydrogens is 290 g/mol. The normalized spacial score (nSPS) is 10.2. The van der Waals surface area contributed by atoms with E-state index in [4.69, 9.17) is 16.7 Å². The predicted octanol–water partition coefficient (Wildman–Crippen LogP) is 2.17. The largest absolute Gasteiger partial charge is 0.395 e. The van der Waals surface area contributed by atoms with E-state index in [0.29, 0.717) is 17.4 Å². The Hall–Kier alpha value is -2.11. The lowest BCUT2D eigenvalue weighted by Gasteiger charge is -2.23. The number of aliphatic hydroxyl groups excluding tert-OH is 1. The quantitative estimate of drug-likeness (QED) is 0.858. The maximum Gasteiger partial charge on any atom is 0.245 e. The molecule has 1 aromatic heterocycles. The zero-order valence-corrected chi connectivity index (χ0v) is 12.1. The molecule has 2 N–H and O–H groups in total. The smallest absolute Gasteiger partial charge is 0.245 e. The van der Waals surface area contributed by atoms with Gasteiger partial charge in [-0.1, -0.05) is 29.8 Å². The molecule has 6 heteroatoms. The molecule has 2 aromatic rings. The van der Waals surface area contributed by atoms with E-state index in [2.05, 4.69) is 10.3 Å². The van der Waals surface area contributed by atoms with Crippen LogP contribution in [0, 0.1) is 0 Å². The number of benzene rings is 1. The van der Waals surface area contributed by atoms with E-state index < -0.39 is 0 Å². The number of carbonyl (C=O) groups is 1. The zero-order valence-electron chi connectivity index (χ0n) is 11.4. The molecule has 5 nitrogen and oxygen atoms in total. The fraction of sp³-hybridized carbons (Fsp3) is 0.200. The average Bonchev–Trinajstić information content (AvgIpc) is 2.50. The Morgan fingerprint density at radius 1 is 1.24 bits per heavy atom. The van der Waals surface area contributed by atoms with E-state index in [1.165, 1.54) is 6.20 Å². The van der Waals surface area contributed by atoms with Gasteiger partial charge in [-0.3, -0.25) is 4.79 Å². The van der Waals surface area contributed by atoms with Gasteiger partial charge in [0.05, 0.1) is 18.2 Å². The number of carbonyl (C=O) groups excluding carboxylic acids is 1. The van der Waals surface area contributed by atoms with Crippen molar-refractivity contribution in [2.45, 2.75) is 0 Å². The monoisotopic (exact) mass is 305 g/mol. The van der Waals surface area contributed by atoms with Crippen LogP contribution in [0.15, 0.2) is 48.7 Å². The van der Waals surface area contributed by atoms with Crippen molar-refractivity contribution in [2.75, 3.05) is 29.9 Å². The Kier molecular flexibility index (Phi) is 5.54. The van der Waals surface area contributed by atoms with Crippen molar-refractivity contribution in [3.63, 3.8) is 0 Å². The van der Waals surface area contributed by atoms with Crippen LogP contribution >= 0.6 is 11.6 Å². The van der Waals surface area contributed by atoms with Gasteiger partial charge < -0.3 is 15.3 Å². The van der Waals surface area contributed by atoms with Crippen molar-refractivity contribution >= 4 is 29.0 Å². The van der Waals surface area contributed by atoms with Gasteiger partial charge >= 0.3 is 0 Å². The topological polar surface area (TPSA) is 65.5 Å². The van der Waals surface area contributed by atoms with Crippen LogP contribution in [0.25, 0.3) is 0 Å². The molecule has 0 aliphatic carbocycles. The van der Waals surface area contributed by atoms with Gasteiger partial charge in [-0.05, 0) is 24.3 Å². The molecule has 0 atom stereocenters. The molecule has 0 aliphatic rings. The molecule has 21 heavy (non-hydrogen) atoms. The van der Waals surface area contributed by atoms with E-state index in [0.717, 1.165) is 5.69 Å². The van der Waals surface area contributed by atoms with Crippen LogP contribution in [0.1, 0.15) is 0 Å². The maximum absolute atomic E-state index is 12.0. The lowest BCUT2D eigenvalue weighted by Crippen LogP contribution is -2.35. The molecular formula is C15H16ClN3O2. The Balaban J connectivity index is 2.00. The Labute approximate surface area is 128 Å². The Morgan fingerprint density at radius 3 is 2.62 bits per heavy atom. The van der Waals surface area contributed by atoms with E-state index in [9.17, 15) is 4.79 Å². The summed E-state index contributed by atoms with van der Waals surface area (Å²) in [6.07, 6.45) is 1.47. The second kappa shape index (κ2) is 7.61. The SMILES string of the molecule is O=C(CN(CCO)c1ccccc1)Nc1ccc(Cl)cn1. The number of aromatic nitrogens is 1. The molecule has 110 valence electrons. The van der Waals surface area contributed by atoms with Crippen LogP contribution in [0.3, 0.4) is 0 Å². The minimum Gasteiger partial charge on any atom is -0.395 e. The summed E-state index contributed by atoms with van der Waals surface area (Å²) in [5.41, 5.74) is 0.880. The first-order valence-corrected chi connectivity index (χ1v) is 6.89. The van der Waals surface area contributed by atoms with Crippen molar-refractivity contribution < 1.29 is 9.90 Å². The fourth-order valence-corrected chi connectivity index (χ4v) is 1.98. The third-order valence-electron chi connectivity index (χ3n) is 2.82. The highest BCUT2D eigenvalue weighted by Crippen LogP contribution is 2.13. The van der Waals surface area contributed by atoms with Crippen LogP contribution in [-0.4, -0.2) is 35.7 Å². The summed E-state index contributed by atoms with van der Waals surface area (Å²) in [5, 5.41) is 12.3. The number of pyridine rings is 1. The van der Waals surface area contributed by atoms with Crippen molar-refractivity contribution in [3.05, 3.63) is 53.7 Å². The second-order valence-corrected chi connectivity index (χ2v) is 4.83. The summed E-state index contributed by atoms with van der Waals surface area (Å²) in [4.78, 5) is 17.9. The highest BCUT2D eigenvalue weighted by molar-refractivity contribution is 6.30. The average molecular weight is 306 g/mol. The molecule has 2 rings (SSSR count). The van der Waals surface area contributed by atoms with Gasteiger partial charge in [0.1, 0.15) is 5.82 Å². The van der Waals surface area contributed by atoms with Gasteiger partial charge in [-0.2, -0.15) is 0 Å². The summed E-state index contributed by atoms with van der Waals surface area (Å²) >= 11 is 5.74. The highest BCUT2D eigenvalue weighted by Gasteiger charge is 2.11. The molecule has 0 unspecified atom stereocenters. The van der Waals surface area contributed by atoms with Crippen molar-refractivity contribution in [3.8, 4) is 0 Å². The maximum atomic E-state index is 12.0. The number of halogens is 1. The number of rotatable bonds is 6. The minimum absolute atomic E-state index is 0.0264. The standard InChI is InChI=1S/C15H16ClN3O2/c16-12-6-7-14(17-10-12)18-15(21)11-19(8-9-20)13-4-2-1-3-5-13/h1-7,10,20H,8-9,11H2,(H,17,18,21). The summed E-state index contributed by atoms with van der Waals surface area (Å²) in [7, 11) is 0. The van der Waals surface area contributed by atoms with Crippen molar-refractivity contribution in [1.82, 2.24) is 4.98 Å². The summed E-state index contributed by atoms with van der Waals surface area (Å²) in [6, 6.07) is 12.8. The molecule has 1 heterocycles. The first kappa shape index (κ1) is 15.3. The third-order valence-corrected chi connectivity index (χ3v) is 3.04. The first-order valence-electron chi connectivity index (χ1n) is 6.51. The number of anilines is 2. The van der Waals surface area contributed by atoms with E-state index in [1.54, 1.807) is 17.0 Å². The molecule has 0 saturated carbocycles. The number of hydrogen-bond acceptors (Lipinski definition) is 4. The molecule has 1 aromatic carbocycles. The van der Waals surface area contributed by atoms with E-state index in [-0.39, 0.29) is 19.1 Å². The molecule has 0 radical (unpaired) electrons. The van der Waals surface area contributed by atoms with Crippen LogP contribution in [0.4, 0.5) is 11.5 Å². The summed E-state index contributed by atoms with van der Waals surface area (Å²) in [6.45, 7) is 0.488. The molecule has 0 fully saturated rings. The van der Waals surface area contributed by atoms with Gasteiger partial charge in [0.15, 0.2) is 0 Å². The fourth-order valence-electron chi connectivity index (χ4n) is 1.86. The molecule has 0 bridgehead atoms. The van der Waals surface area contributed by atoms with Gasteiger partial charge in [0, 0.05) is 18.4 Å². The van der Waals surface area contributed by atoms with Crippen LogP contribution in [0.2, 0.25) is 5.02 Å². The molecule has 0 saturated heterocycles. The van der Waals surface area contributed by atoms with Gasteiger partial charge in [-0.25, -0.2) is 4.98 Å². The number of aliphatic hydroxyl groups is 1.